The number of anilines is 2. The number of hydrogen-bond donors (Lipinski definition) is 3. The lowest BCUT2D eigenvalue weighted by atomic mass is 10.4. The van der Waals surface area contributed by atoms with Crippen molar-refractivity contribution in [3.05, 3.63) is 16.3 Å². The molecule has 0 spiro atoms. The predicted octanol–water partition coefficient (Wildman–Crippen LogP) is 0.119. The van der Waals surface area contributed by atoms with Crippen molar-refractivity contribution in [3.8, 4) is 0 Å². The Labute approximate surface area is 97.5 Å². The summed E-state index contributed by atoms with van der Waals surface area (Å²) in [6.45, 7) is 1.07. The van der Waals surface area contributed by atoms with Gasteiger partial charge in [-0.1, -0.05) is 0 Å². The molecule has 1 rings (SSSR count). The van der Waals surface area contributed by atoms with Crippen LogP contribution in [0.5, 0.6) is 0 Å². The molecule has 1 heterocycles. The Morgan fingerprint density at radius 1 is 1.65 bits per heavy atom. The van der Waals surface area contributed by atoms with Gasteiger partial charge in [-0.2, -0.15) is 4.98 Å². The summed E-state index contributed by atoms with van der Waals surface area (Å²) < 4.78 is 4.86. The lowest BCUT2D eigenvalue weighted by Gasteiger charge is -2.06. The van der Waals surface area contributed by atoms with Crippen molar-refractivity contribution in [2.45, 2.75) is 6.42 Å². The second-order valence-corrected chi connectivity index (χ2v) is 3.10. The molecular weight excluding hydrogens is 228 g/mol. The van der Waals surface area contributed by atoms with Gasteiger partial charge in [0.1, 0.15) is 6.20 Å². The number of nitrogens with zero attached hydrogens (tertiary/aromatic N) is 3. The number of nitro groups is 1. The molecule has 0 saturated heterocycles. The van der Waals surface area contributed by atoms with E-state index in [2.05, 4.69) is 20.7 Å². The minimum absolute atomic E-state index is 0.116. The second-order valence-electron chi connectivity index (χ2n) is 3.10. The van der Waals surface area contributed by atoms with Crippen molar-refractivity contribution in [1.82, 2.24) is 9.97 Å². The summed E-state index contributed by atoms with van der Waals surface area (Å²) in [4.78, 5) is 17.7. The Hall–Kier alpha value is -2.00. The topological polar surface area (TPSA) is 128 Å². The molecule has 1 aromatic heterocycles. The van der Waals surface area contributed by atoms with Gasteiger partial charge in [0, 0.05) is 20.3 Å². The molecule has 0 aromatic carbocycles. The number of aromatic nitrogens is 2. The van der Waals surface area contributed by atoms with Gasteiger partial charge in [0.2, 0.25) is 11.8 Å². The fourth-order valence-electron chi connectivity index (χ4n) is 1.13. The summed E-state index contributed by atoms with van der Waals surface area (Å²) in [5, 5.41) is 13.6. The first-order valence-electron chi connectivity index (χ1n) is 4.90. The zero-order chi connectivity index (χ0) is 12.7. The summed E-state index contributed by atoms with van der Waals surface area (Å²) in [5.74, 6) is 5.38. The molecular formula is C8H14N6O3. The van der Waals surface area contributed by atoms with E-state index in [0.29, 0.717) is 19.6 Å². The Kier molecular flexibility index (Phi) is 5.04. The highest BCUT2D eigenvalue weighted by Gasteiger charge is 2.16. The first-order chi connectivity index (χ1) is 8.19. The Bertz CT molecular complexity index is 386. The van der Waals surface area contributed by atoms with Crippen molar-refractivity contribution < 1.29 is 9.66 Å². The van der Waals surface area contributed by atoms with Gasteiger partial charge in [-0.15, -0.1) is 0 Å². The summed E-state index contributed by atoms with van der Waals surface area (Å²) in [5.41, 5.74) is 2.03. The van der Waals surface area contributed by atoms with Crippen LogP contribution in [0.3, 0.4) is 0 Å². The van der Waals surface area contributed by atoms with Gasteiger partial charge in [-0.3, -0.25) is 15.5 Å². The number of rotatable bonds is 7. The maximum absolute atomic E-state index is 10.7. The normalized spacial score (nSPS) is 10.0. The quantitative estimate of drug-likeness (QED) is 0.266. The van der Waals surface area contributed by atoms with Crippen LogP contribution in [0.15, 0.2) is 6.20 Å². The maximum Gasteiger partial charge on any atom is 0.329 e. The summed E-state index contributed by atoms with van der Waals surface area (Å²) in [6, 6.07) is 0. The number of nitrogen functional groups attached to an aromatic ring is 1. The highest BCUT2D eigenvalue weighted by Crippen LogP contribution is 2.21. The third-order valence-corrected chi connectivity index (χ3v) is 1.91. The van der Waals surface area contributed by atoms with Gasteiger partial charge in [0.05, 0.1) is 4.92 Å². The van der Waals surface area contributed by atoms with E-state index in [0.717, 1.165) is 6.20 Å². The first-order valence-corrected chi connectivity index (χ1v) is 4.90. The molecule has 9 nitrogen and oxygen atoms in total. The van der Waals surface area contributed by atoms with Gasteiger partial charge >= 0.3 is 5.69 Å². The second kappa shape index (κ2) is 6.55. The van der Waals surface area contributed by atoms with Crippen LogP contribution in [0, 0.1) is 10.1 Å². The fraction of sp³-hybridized carbons (Fsp3) is 0.500. The highest BCUT2D eigenvalue weighted by molar-refractivity contribution is 5.56. The Morgan fingerprint density at radius 2 is 2.41 bits per heavy atom. The summed E-state index contributed by atoms with van der Waals surface area (Å²) in [6.07, 6.45) is 1.81. The van der Waals surface area contributed by atoms with Crippen LogP contribution in [-0.4, -0.2) is 35.2 Å². The van der Waals surface area contributed by atoms with Crippen LogP contribution in [0.2, 0.25) is 0 Å². The SMILES string of the molecule is COCCCNc1nc(NN)ncc1[N+](=O)[O-]. The molecule has 4 N–H and O–H groups in total. The average Bonchev–Trinajstić information content (AvgIpc) is 2.34. The van der Waals surface area contributed by atoms with Gasteiger partial charge in [0.15, 0.2) is 0 Å². The molecule has 1 aromatic rings. The van der Waals surface area contributed by atoms with Gasteiger partial charge in [0.25, 0.3) is 0 Å². The van der Waals surface area contributed by atoms with Gasteiger partial charge in [-0.05, 0) is 6.42 Å². The number of nitrogens with two attached hydrogens (primary N) is 1. The standard InChI is InChI=1S/C8H14N6O3/c1-17-4-2-3-10-7-6(14(15)16)5-11-8(12-7)13-9/h5H,2-4,9H2,1H3,(H2,10,11,12,13). The Morgan fingerprint density at radius 3 is 3.00 bits per heavy atom. The number of hydrogen-bond acceptors (Lipinski definition) is 8. The smallest absolute Gasteiger partial charge is 0.329 e. The monoisotopic (exact) mass is 242 g/mol. The van der Waals surface area contributed by atoms with Gasteiger partial charge in [-0.25, -0.2) is 10.8 Å². The number of hydrazine groups is 1. The van der Waals surface area contributed by atoms with Gasteiger partial charge < -0.3 is 10.1 Å². The van der Waals surface area contributed by atoms with Crippen LogP contribution >= 0.6 is 0 Å². The highest BCUT2D eigenvalue weighted by atomic mass is 16.6. The zero-order valence-corrected chi connectivity index (χ0v) is 9.34. The molecule has 0 aliphatic rings. The third kappa shape index (κ3) is 3.81. The molecule has 0 aliphatic carbocycles. The lowest BCUT2D eigenvalue weighted by Crippen LogP contribution is -2.14. The summed E-state index contributed by atoms with van der Waals surface area (Å²) >= 11 is 0. The predicted molar refractivity (Wildman–Crippen MR) is 61.5 cm³/mol. The van der Waals surface area contributed by atoms with Crippen molar-refractivity contribution >= 4 is 17.5 Å². The van der Waals surface area contributed by atoms with Crippen LogP contribution in [0.4, 0.5) is 17.5 Å². The van der Waals surface area contributed by atoms with E-state index >= 15 is 0 Å². The molecule has 0 amide bonds. The molecule has 0 atom stereocenters. The number of ether oxygens (including phenoxy) is 1. The molecule has 9 heteroatoms. The minimum Gasteiger partial charge on any atom is -0.385 e. The van der Waals surface area contributed by atoms with Crippen molar-refractivity contribution in [3.63, 3.8) is 0 Å². The van der Waals surface area contributed by atoms with Crippen LogP contribution < -0.4 is 16.6 Å². The lowest BCUT2D eigenvalue weighted by molar-refractivity contribution is -0.384. The molecule has 0 fully saturated rings. The average molecular weight is 242 g/mol. The van der Waals surface area contributed by atoms with Crippen LogP contribution in [0.1, 0.15) is 6.42 Å². The van der Waals surface area contributed by atoms with Crippen LogP contribution in [0.25, 0.3) is 0 Å². The van der Waals surface area contributed by atoms with E-state index in [1.165, 1.54) is 0 Å². The van der Waals surface area contributed by atoms with E-state index in [1.807, 2.05) is 0 Å². The molecule has 17 heavy (non-hydrogen) atoms. The molecule has 0 radical (unpaired) electrons. The molecule has 0 unspecified atom stereocenters. The molecule has 0 bridgehead atoms. The number of methoxy groups -OCH3 is 1. The molecule has 0 saturated carbocycles. The molecule has 94 valence electrons. The fourth-order valence-corrected chi connectivity index (χ4v) is 1.13. The van der Waals surface area contributed by atoms with Crippen molar-refractivity contribution in [2.75, 3.05) is 31.0 Å². The van der Waals surface area contributed by atoms with E-state index in [1.54, 1.807) is 7.11 Å². The first kappa shape index (κ1) is 13.1. The van der Waals surface area contributed by atoms with E-state index in [9.17, 15) is 10.1 Å². The van der Waals surface area contributed by atoms with E-state index < -0.39 is 4.92 Å². The molecule has 0 aliphatic heterocycles. The maximum atomic E-state index is 10.7. The zero-order valence-electron chi connectivity index (χ0n) is 9.34. The van der Waals surface area contributed by atoms with E-state index in [-0.39, 0.29) is 17.5 Å². The van der Waals surface area contributed by atoms with Crippen molar-refractivity contribution in [2.24, 2.45) is 5.84 Å². The third-order valence-electron chi connectivity index (χ3n) is 1.91. The van der Waals surface area contributed by atoms with Crippen LogP contribution in [-0.2, 0) is 4.74 Å². The summed E-state index contributed by atoms with van der Waals surface area (Å²) in [7, 11) is 1.59. The Balaban J connectivity index is 2.75. The van der Waals surface area contributed by atoms with Crippen molar-refractivity contribution in [1.29, 1.82) is 0 Å². The number of nitrogens with one attached hydrogen (secondary N) is 2. The minimum atomic E-state index is -0.557. The largest absolute Gasteiger partial charge is 0.385 e. The van der Waals surface area contributed by atoms with E-state index in [4.69, 9.17) is 10.6 Å².